The van der Waals surface area contributed by atoms with Crippen molar-refractivity contribution in [3.05, 3.63) is 192 Å². The number of aliphatic hydroxyl groups is 4. The molecule has 4 unspecified atom stereocenters. The number of anilines is 4. The summed E-state index contributed by atoms with van der Waals surface area (Å²) in [6, 6.07) is 43.6. The Bertz CT molecular complexity index is 3580. The lowest BCUT2D eigenvalue weighted by Crippen LogP contribution is -2.22. The van der Waals surface area contributed by atoms with Gasteiger partial charge in [0.25, 0.3) is 11.8 Å². The van der Waals surface area contributed by atoms with E-state index in [1.807, 2.05) is 97.5 Å². The molecule has 2 aromatic heterocycles. The number of carboxylic acid groups (broad SMARTS) is 2. The van der Waals surface area contributed by atoms with E-state index >= 15 is 0 Å². The Hall–Kier alpha value is -9.60. The molecule has 18 nitrogen and oxygen atoms in total. The summed E-state index contributed by atoms with van der Waals surface area (Å²) in [5, 5.41) is 72.7. The maximum Gasteiger partial charge on any atom is 0.305 e. The van der Waals surface area contributed by atoms with Crippen LogP contribution in [0.15, 0.2) is 158 Å². The van der Waals surface area contributed by atoms with Crippen molar-refractivity contribution in [1.82, 2.24) is 9.13 Å². The maximum absolute atomic E-state index is 14.8. The second kappa shape index (κ2) is 31.9. The van der Waals surface area contributed by atoms with Crippen molar-refractivity contribution in [2.45, 2.75) is 141 Å². The highest BCUT2D eigenvalue weighted by Gasteiger charge is 2.33. The van der Waals surface area contributed by atoms with Gasteiger partial charge in [-0.25, -0.2) is 8.78 Å². The normalized spacial score (nSPS) is 12.7. The number of amides is 4. The molecule has 0 bridgehead atoms. The molecule has 6 aromatic carbocycles. The molecular weight excluding hydrogens is 1180 g/mol. The monoisotopic (exact) mass is 1260 g/mol. The van der Waals surface area contributed by atoms with E-state index in [1.54, 1.807) is 72.8 Å². The molecule has 0 saturated carbocycles. The zero-order chi connectivity index (χ0) is 66.2. The highest BCUT2D eigenvalue weighted by molar-refractivity contribution is 6.14. The van der Waals surface area contributed by atoms with Crippen molar-refractivity contribution in [1.29, 1.82) is 0 Å². The van der Waals surface area contributed by atoms with Gasteiger partial charge in [0.2, 0.25) is 11.8 Å². The molecule has 4 amide bonds. The van der Waals surface area contributed by atoms with Gasteiger partial charge >= 0.3 is 11.9 Å². The highest BCUT2D eigenvalue weighted by Crippen LogP contribution is 2.45. The van der Waals surface area contributed by atoms with Crippen LogP contribution in [0.5, 0.6) is 0 Å². The SMILES string of the molecule is CC(C)c1c(C(=O)Nc2ccc(NC(=O)CCCCC(=O)Nc3ccc(NC(=O)c4c(-c5ccccc5)c(-c5ccc(F)cc5)n(CCC(O)CC(O)CC(=O)O)c4C(C)C)cc3)cc2)c(-c2ccccc2)c(-c2ccc(F)cc2)n1CCC(O)CC(O)CC(=O)O. The van der Waals surface area contributed by atoms with Crippen LogP contribution in [-0.2, 0) is 32.3 Å². The second-order valence-corrected chi connectivity index (χ2v) is 23.6. The van der Waals surface area contributed by atoms with E-state index in [-0.39, 0.29) is 75.3 Å². The number of benzene rings is 6. The smallest absolute Gasteiger partial charge is 0.305 e. The lowest BCUT2D eigenvalue weighted by molar-refractivity contribution is -0.140. The number of hydrogen-bond acceptors (Lipinski definition) is 10. The zero-order valence-electron chi connectivity index (χ0n) is 51.7. The number of aliphatic hydroxyl groups excluding tert-OH is 4. The lowest BCUT2D eigenvalue weighted by atomic mass is 9.94. The number of aromatic nitrogens is 2. The standard InChI is InChI=1S/C72H78F2N6O12/c1-43(2)67-65(63(45-13-7-5-8-14-45)69(47-19-23-49(73)24-20-47)79(67)37-35-55(81)39-57(83)41-61(87)88)71(91)77-53-31-27-51(28-32-53)75-59(85)17-11-12-18-60(86)76-52-29-33-54(34-30-52)78-72(92)66-64(46-15-9-6-10-16-46)70(48-21-25-50(74)26-22-48)80(68(66)44(3)4)38-36-56(82)40-58(84)42-62(89)90/h5-10,13-16,19-34,43-44,55-58,81-84H,11-12,17-18,35-42H2,1-4H3,(H,75,85)(H,76,86)(H,77,91)(H,78,92)(H,87,88)(H,89,90). The molecule has 0 aliphatic rings. The predicted molar refractivity (Wildman–Crippen MR) is 350 cm³/mol. The largest absolute Gasteiger partial charge is 0.481 e. The summed E-state index contributed by atoms with van der Waals surface area (Å²) in [6.07, 6.45) is -4.84. The van der Waals surface area contributed by atoms with Crippen molar-refractivity contribution >= 4 is 58.3 Å². The fourth-order valence-corrected chi connectivity index (χ4v) is 11.7. The topological polar surface area (TPSA) is 282 Å². The first-order valence-corrected chi connectivity index (χ1v) is 30.8. The number of nitrogens with one attached hydrogen (secondary N) is 4. The van der Waals surface area contributed by atoms with Crippen LogP contribution in [0.1, 0.15) is 136 Å². The Kier molecular flexibility index (Phi) is 23.7. The number of nitrogens with zero attached hydrogens (tertiary/aromatic N) is 2. The van der Waals surface area contributed by atoms with E-state index in [9.17, 15) is 68.2 Å². The maximum atomic E-state index is 14.8. The third-order valence-electron chi connectivity index (χ3n) is 15.7. The van der Waals surface area contributed by atoms with Crippen LogP contribution < -0.4 is 21.3 Å². The molecule has 92 heavy (non-hydrogen) atoms. The van der Waals surface area contributed by atoms with E-state index in [0.29, 0.717) is 103 Å². The first-order valence-electron chi connectivity index (χ1n) is 30.8. The summed E-state index contributed by atoms with van der Waals surface area (Å²) in [7, 11) is 0. The average Bonchev–Trinajstić information content (AvgIpc) is 1.60. The molecule has 20 heteroatoms. The van der Waals surface area contributed by atoms with Crippen molar-refractivity contribution in [2.24, 2.45) is 0 Å². The Morgan fingerprint density at radius 2 is 0.728 bits per heavy atom. The Morgan fingerprint density at radius 3 is 1.03 bits per heavy atom. The zero-order valence-corrected chi connectivity index (χ0v) is 51.7. The van der Waals surface area contributed by atoms with Crippen LogP contribution in [-0.4, -0.2) is 99.8 Å². The summed E-state index contributed by atoms with van der Waals surface area (Å²) in [5.41, 5.74) is 8.76. The van der Waals surface area contributed by atoms with Gasteiger partial charge in [-0.05, 0) is 170 Å². The van der Waals surface area contributed by atoms with E-state index in [4.69, 9.17) is 0 Å². The second-order valence-electron chi connectivity index (χ2n) is 23.6. The summed E-state index contributed by atoms with van der Waals surface area (Å²) in [5.74, 6) is -5.26. The molecule has 0 radical (unpaired) electrons. The summed E-state index contributed by atoms with van der Waals surface area (Å²) in [4.78, 5) is 78.3. The van der Waals surface area contributed by atoms with Crippen LogP contribution in [0.3, 0.4) is 0 Å². The lowest BCUT2D eigenvalue weighted by Gasteiger charge is -2.20. The Labute approximate surface area is 532 Å². The van der Waals surface area contributed by atoms with Gasteiger partial charge in [0, 0.05) is 71.2 Å². The summed E-state index contributed by atoms with van der Waals surface area (Å²) >= 11 is 0. The van der Waals surface area contributed by atoms with Crippen LogP contribution >= 0.6 is 0 Å². The van der Waals surface area contributed by atoms with E-state index in [0.717, 1.165) is 0 Å². The van der Waals surface area contributed by atoms with Gasteiger partial charge in [0.1, 0.15) is 11.6 Å². The molecule has 4 atom stereocenters. The quantitative estimate of drug-likeness (QED) is 0.0182. The molecule has 482 valence electrons. The summed E-state index contributed by atoms with van der Waals surface area (Å²) in [6.45, 7) is 8.07. The highest BCUT2D eigenvalue weighted by atomic mass is 19.1. The van der Waals surface area contributed by atoms with Crippen LogP contribution in [0, 0.1) is 11.6 Å². The van der Waals surface area contributed by atoms with Gasteiger partial charge in [0.15, 0.2) is 0 Å². The minimum absolute atomic E-state index is 0.105. The Morgan fingerprint density at radius 1 is 0.413 bits per heavy atom. The van der Waals surface area contributed by atoms with Crippen molar-refractivity contribution < 1.29 is 68.2 Å². The molecule has 2 heterocycles. The number of hydrogen-bond donors (Lipinski definition) is 10. The fraction of sp³-hybridized carbons (Fsp3) is 0.306. The van der Waals surface area contributed by atoms with Crippen molar-refractivity contribution in [3.63, 3.8) is 0 Å². The first-order chi connectivity index (χ1) is 44.0. The molecule has 0 spiro atoms. The molecule has 8 aromatic rings. The van der Waals surface area contributed by atoms with Gasteiger partial charge in [-0.15, -0.1) is 0 Å². The third kappa shape index (κ3) is 18.1. The van der Waals surface area contributed by atoms with Crippen molar-refractivity contribution in [2.75, 3.05) is 21.3 Å². The number of carboxylic acids is 2. The molecule has 0 aliphatic heterocycles. The fourth-order valence-electron chi connectivity index (χ4n) is 11.7. The molecule has 0 saturated heterocycles. The molecular formula is C72H78F2N6O12. The molecule has 0 fully saturated rings. The predicted octanol–water partition coefficient (Wildman–Crippen LogP) is 13.1. The minimum Gasteiger partial charge on any atom is -0.481 e. The van der Waals surface area contributed by atoms with E-state index in [2.05, 4.69) is 21.3 Å². The number of halogens is 2. The van der Waals surface area contributed by atoms with Gasteiger partial charge in [0.05, 0.1) is 59.8 Å². The van der Waals surface area contributed by atoms with E-state index in [1.165, 1.54) is 24.3 Å². The van der Waals surface area contributed by atoms with Gasteiger partial charge in [-0.2, -0.15) is 0 Å². The van der Waals surface area contributed by atoms with Crippen LogP contribution in [0.2, 0.25) is 0 Å². The minimum atomic E-state index is -1.27. The number of rotatable bonds is 31. The number of unbranched alkanes of at least 4 members (excludes halogenated alkanes) is 1. The average molecular weight is 1260 g/mol. The first kappa shape index (κ1) is 68.3. The molecule has 0 aliphatic carbocycles. The van der Waals surface area contributed by atoms with Gasteiger partial charge in [-0.1, -0.05) is 88.4 Å². The van der Waals surface area contributed by atoms with Crippen molar-refractivity contribution in [3.8, 4) is 44.8 Å². The Balaban J connectivity index is 0.891. The number of aliphatic carboxylic acids is 2. The van der Waals surface area contributed by atoms with Gasteiger partial charge in [-0.3, -0.25) is 28.8 Å². The van der Waals surface area contributed by atoms with E-state index < -0.39 is 72.6 Å². The number of carbonyl (C=O) groups excluding carboxylic acids is 4. The van der Waals surface area contributed by atoms with Gasteiger partial charge < -0.3 is 61.0 Å². The van der Waals surface area contributed by atoms with Crippen LogP contribution in [0.4, 0.5) is 31.5 Å². The summed E-state index contributed by atoms with van der Waals surface area (Å²) < 4.78 is 32.7. The number of carbonyl (C=O) groups is 6. The third-order valence-corrected chi connectivity index (χ3v) is 15.7. The molecule has 10 N–H and O–H groups in total. The molecule has 8 rings (SSSR count). The van der Waals surface area contributed by atoms with Crippen LogP contribution in [0.25, 0.3) is 44.8 Å².